The molecule has 0 bridgehead atoms. The van der Waals surface area contributed by atoms with E-state index in [0.29, 0.717) is 24.4 Å². The number of imidazole rings is 1. The second kappa shape index (κ2) is 9.60. The van der Waals surface area contributed by atoms with Crippen LogP contribution in [0.25, 0.3) is 11.0 Å². The number of piperidine rings is 1. The van der Waals surface area contributed by atoms with Crippen LogP contribution in [0.1, 0.15) is 49.4 Å². The molecule has 30 heavy (non-hydrogen) atoms. The lowest BCUT2D eigenvalue weighted by molar-refractivity contribution is -0.122. The number of nitrogens with zero attached hydrogens (tertiary/aromatic N) is 3. The largest absolute Gasteiger partial charge is 0.381 e. The molecule has 1 aromatic heterocycles. The van der Waals surface area contributed by atoms with Gasteiger partial charge in [-0.1, -0.05) is 0 Å². The van der Waals surface area contributed by atoms with E-state index in [4.69, 9.17) is 4.74 Å². The highest BCUT2D eigenvalue weighted by atomic mass is 16.5. The molecule has 0 radical (unpaired) electrons. The number of carbonyl (C=O) groups is 2. The molecular weight excluding hydrogens is 380 g/mol. The van der Waals surface area contributed by atoms with E-state index in [1.165, 1.54) is 0 Å². The summed E-state index contributed by atoms with van der Waals surface area (Å²) in [4.78, 5) is 31.8. The van der Waals surface area contributed by atoms with Crippen molar-refractivity contribution in [2.45, 2.75) is 45.6 Å². The number of amides is 2. The van der Waals surface area contributed by atoms with Crippen LogP contribution in [0.3, 0.4) is 0 Å². The summed E-state index contributed by atoms with van der Waals surface area (Å²) in [6.07, 6.45) is 6.28. The van der Waals surface area contributed by atoms with Crippen LogP contribution in [0, 0.1) is 11.8 Å². The minimum atomic E-state index is 0.0373. The molecule has 1 N–H and O–H groups in total. The maximum absolute atomic E-state index is 13.1. The summed E-state index contributed by atoms with van der Waals surface area (Å²) in [5.41, 5.74) is 2.57. The van der Waals surface area contributed by atoms with Crippen LogP contribution in [0.5, 0.6) is 0 Å². The van der Waals surface area contributed by atoms with Crippen molar-refractivity contribution in [3.05, 3.63) is 30.1 Å². The first kappa shape index (κ1) is 20.8. The Bertz CT molecular complexity index is 888. The lowest BCUT2D eigenvalue weighted by atomic mass is 9.93. The number of benzene rings is 1. The van der Waals surface area contributed by atoms with Gasteiger partial charge < -0.3 is 19.5 Å². The third-order valence-corrected chi connectivity index (χ3v) is 6.42. The minimum absolute atomic E-state index is 0.0373. The number of likely N-dealkylation sites (tertiary alicyclic amines) is 1. The van der Waals surface area contributed by atoms with E-state index in [-0.39, 0.29) is 17.7 Å². The average Bonchev–Trinajstić information content (AvgIpc) is 3.20. The summed E-state index contributed by atoms with van der Waals surface area (Å²) in [6.45, 7) is 6.66. The topological polar surface area (TPSA) is 76.5 Å². The second-order valence-electron chi connectivity index (χ2n) is 8.56. The lowest BCUT2D eigenvalue weighted by Crippen LogP contribution is -2.42. The Balaban J connectivity index is 1.31. The van der Waals surface area contributed by atoms with E-state index in [2.05, 4.69) is 21.8 Å². The summed E-state index contributed by atoms with van der Waals surface area (Å²) in [7, 11) is 0. The molecule has 0 unspecified atom stereocenters. The number of aryl methyl sites for hydroxylation is 1. The quantitative estimate of drug-likeness (QED) is 0.792. The third kappa shape index (κ3) is 4.83. The van der Waals surface area contributed by atoms with Gasteiger partial charge in [0.05, 0.1) is 17.4 Å². The van der Waals surface area contributed by atoms with Gasteiger partial charge in [-0.25, -0.2) is 4.98 Å². The second-order valence-corrected chi connectivity index (χ2v) is 8.56. The standard InChI is InChI=1S/C23H32N4O3/c1-2-26-16-25-20-13-19(5-6-21(20)26)23(29)27-9-3-4-18(15-27)12-22(28)24-14-17-7-10-30-11-8-17/h5-6,13,16-18H,2-4,7-12,14-15H2,1H3,(H,24,28)/t18-/m1/s1. The summed E-state index contributed by atoms with van der Waals surface area (Å²) in [6, 6.07) is 5.75. The number of carbonyl (C=O) groups excluding carboxylic acids is 2. The molecule has 7 nitrogen and oxygen atoms in total. The van der Waals surface area contributed by atoms with Crippen molar-refractivity contribution in [1.29, 1.82) is 0 Å². The zero-order chi connectivity index (χ0) is 20.9. The van der Waals surface area contributed by atoms with Gasteiger partial charge in [0.1, 0.15) is 0 Å². The summed E-state index contributed by atoms with van der Waals surface area (Å²) < 4.78 is 7.44. The average molecular weight is 413 g/mol. The van der Waals surface area contributed by atoms with Gasteiger partial charge in [0.15, 0.2) is 0 Å². The van der Waals surface area contributed by atoms with E-state index in [0.717, 1.165) is 69.6 Å². The maximum atomic E-state index is 13.1. The van der Waals surface area contributed by atoms with Gasteiger partial charge in [-0.15, -0.1) is 0 Å². The van der Waals surface area contributed by atoms with Gasteiger partial charge >= 0.3 is 0 Å². The Hall–Kier alpha value is -2.41. The van der Waals surface area contributed by atoms with Gasteiger partial charge in [0.25, 0.3) is 5.91 Å². The van der Waals surface area contributed by atoms with Crippen LogP contribution in [0.4, 0.5) is 0 Å². The number of fused-ring (bicyclic) bond motifs is 1. The predicted molar refractivity (Wildman–Crippen MR) is 115 cm³/mol. The van der Waals surface area contributed by atoms with Crippen LogP contribution < -0.4 is 5.32 Å². The highest BCUT2D eigenvalue weighted by Crippen LogP contribution is 2.23. The molecule has 2 fully saturated rings. The Labute approximate surface area is 177 Å². The Morgan fingerprint density at radius 1 is 1.20 bits per heavy atom. The van der Waals surface area contributed by atoms with Crippen LogP contribution in [-0.2, 0) is 16.1 Å². The molecule has 2 aliphatic heterocycles. The Morgan fingerprint density at radius 2 is 2.03 bits per heavy atom. The molecule has 0 spiro atoms. The van der Waals surface area contributed by atoms with Crippen LogP contribution in [-0.4, -0.2) is 59.1 Å². The van der Waals surface area contributed by atoms with Crippen molar-refractivity contribution in [3.63, 3.8) is 0 Å². The number of rotatable bonds is 6. The maximum Gasteiger partial charge on any atom is 0.253 e. The molecular formula is C23H32N4O3. The molecule has 7 heteroatoms. The monoisotopic (exact) mass is 412 g/mol. The normalized spacial score (nSPS) is 20.4. The fourth-order valence-electron chi connectivity index (χ4n) is 4.59. The number of aromatic nitrogens is 2. The lowest BCUT2D eigenvalue weighted by Gasteiger charge is -2.32. The first-order valence-corrected chi connectivity index (χ1v) is 11.2. The minimum Gasteiger partial charge on any atom is -0.381 e. The van der Waals surface area contributed by atoms with Crippen molar-refractivity contribution in [3.8, 4) is 0 Å². The first-order chi connectivity index (χ1) is 14.6. The molecule has 2 amide bonds. The van der Waals surface area contributed by atoms with Gasteiger partial charge in [-0.2, -0.15) is 0 Å². The van der Waals surface area contributed by atoms with Crippen molar-refractivity contribution in [2.75, 3.05) is 32.8 Å². The summed E-state index contributed by atoms with van der Waals surface area (Å²) >= 11 is 0. The molecule has 0 saturated carbocycles. The number of hydrogen-bond acceptors (Lipinski definition) is 4. The molecule has 2 aromatic rings. The van der Waals surface area contributed by atoms with Crippen molar-refractivity contribution in [2.24, 2.45) is 11.8 Å². The highest BCUT2D eigenvalue weighted by Gasteiger charge is 2.26. The number of nitrogens with one attached hydrogen (secondary N) is 1. The van der Waals surface area contributed by atoms with Crippen molar-refractivity contribution >= 4 is 22.8 Å². The molecule has 4 rings (SSSR count). The van der Waals surface area contributed by atoms with Gasteiger partial charge in [0, 0.05) is 51.4 Å². The van der Waals surface area contributed by atoms with Gasteiger partial charge in [0.2, 0.25) is 5.91 Å². The van der Waals surface area contributed by atoms with Crippen molar-refractivity contribution in [1.82, 2.24) is 19.8 Å². The highest BCUT2D eigenvalue weighted by molar-refractivity contribution is 5.97. The van der Waals surface area contributed by atoms with Gasteiger partial charge in [-0.05, 0) is 62.6 Å². The van der Waals surface area contributed by atoms with E-state index in [1.54, 1.807) is 0 Å². The molecule has 162 valence electrons. The third-order valence-electron chi connectivity index (χ3n) is 6.42. The Morgan fingerprint density at radius 3 is 2.83 bits per heavy atom. The first-order valence-electron chi connectivity index (χ1n) is 11.2. The zero-order valence-corrected chi connectivity index (χ0v) is 17.8. The fourth-order valence-corrected chi connectivity index (χ4v) is 4.59. The molecule has 2 aliphatic rings. The van der Waals surface area contributed by atoms with Gasteiger partial charge in [-0.3, -0.25) is 9.59 Å². The molecule has 1 atom stereocenters. The zero-order valence-electron chi connectivity index (χ0n) is 17.8. The number of hydrogen-bond donors (Lipinski definition) is 1. The smallest absolute Gasteiger partial charge is 0.253 e. The predicted octanol–water partition coefficient (Wildman–Crippen LogP) is 2.84. The van der Waals surface area contributed by atoms with E-state index >= 15 is 0 Å². The summed E-state index contributed by atoms with van der Waals surface area (Å²) in [5.74, 6) is 0.890. The van der Waals surface area contributed by atoms with Crippen LogP contribution >= 0.6 is 0 Å². The molecule has 1 aromatic carbocycles. The number of ether oxygens (including phenoxy) is 1. The molecule has 2 saturated heterocycles. The van der Waals surface area contributed by atoms with Crippen LogP contribution in [0.2, 0.25) is 0 Å². The van der Waals surface area contributed by atoms with E-state index in [9.17, 15) is 9.59 Å². The fraction of sp³-hybridized carbons (Fsp3) is 0.609. The molecule has 0 aliphatic carbocycles. The SMILES string of the molecule is CCn1cnc2cc(C(=O)N3CCC[C@H](CC(=O)NCC4CCOCC4)C3)ccc21. The Kier molecular flexibility index (Phi) is 6.67. The van der Waals surface area contributed by atoms with E-state index in [1.807, 2.05) is 29.4 Å². The summed E-state index contributed by atoms with van der Waals surface area (Å²) in [5, 5.41) is 3.09. The molecule has 3 heterocycles. The van der Waals surface area contributed by atoms with Crippen molar-refractivity contribution < 1.29 is 14.3 Å². The van der Waals surface area contributed by atoms with Crippen LogP contribution in [0.15, 0.2) is 24.5 Å². The van der Waals surface area contributed by atoms with E-state index < -0.39 is 0 Å².